The molecule has 1 aliphatic heterocycles. The summed E-state index contributed by atoms with van der Waals surface area (Å²) in [5.41, 5.74) is 9.54. The largest absolute Gasteiger partial charge is 0.340 e. The van der Waals surface area contributed by atoms with E-state index in [9.17, 15) is 4.21 Å². The van der Waals surface area contributed by atoms with Gasteiger partial charge in [0.2, 0.25) is 5.95 Å². The average molecular weight is 513 g/mol. The Kier molecular flexibility index (Phi) is 6.96. The molecule has 3 heterocycles. The molecule has 9 heteroatoms. The van der Waals surface area contributed by atoms with Gasteiger partial charge < -0.3 is 10.6 Å². The minimum absolute atomic E-state index is 0.0627. The topological polar surface area (TPSA) is 88.5 Å². The van der Waals surface area contributed by atoms with Gasteiger partial charge >= 0.3 is 0 Å². The molecule has 188 valence electrons. The molecule has 2 aromatic heterocycles. The molecular formula is C26H36N6OS2. The monoisotopic (exact) mass is 512 g/mol. The minimum Gasteiger partial charge on any atom is -0.340 e. The van der Waals surface area contributed by atoms with Crippen LogP contribution in [0.3, 0.4) is 0 Å². The zero-order chi connectivity index (χ0) is 24.6. The lowest BCUT2D eigenvalue weighted by Gasteiger charge is -2.47. The number of nitrogens with one attached hydrogen (secondary N) is 1. The Labute approximate surface area is 214 Å². The number of anilines is 1. The summed E-state index contributed by atoms with van der Waals surface area (Å²) in [5, 5.41) is 0. The predicted octanol–water partition coefficient (Wildman–Crippen LogP) is 3.59. The summed E-state index contributed by atoms with van der Waals surface area (Å²) in [4.78, 5) is 12.9. The van der Waals surface area contributed by atoms with Crippen LogP contribution in [0.5, 0.6) is 0 Å². The Balaban J connectivity index is 1.44. The highest BCUT2D eigenvalue weighted by Crippen LogP contribution is 2.45. The second-order valence-corrected chi connectivity index (χ2v) is 13.9. The van der Waals surface area contributed by atoms with E-state index in [1.165, 1.54) is 11.1 Å². The van der Waals surface area contributed by atoms with E-state index in [-0.39, 0.29) is 16.2 Å². The van der Waals surface area contributed by atoms with Crippen molar-refractivity contribution in [2.75, 3.05) is 30.3 Å². The van der Waals surface area contributed by atoms with Gasteiger partial charge in [-0.3, -0.25) is 4.40 Å². The van der Waals surface area contributed by atoms with Crippen molar-refractivity contribution in [1.82, 2.24) is 19.1 Å². The van der Waals surface area contributed by atoms with Gasteiger partial charge in [0.1, 0.15) is 0 Å². The number of thioether (sulfide) groups is 1. The summed E-state index contributed by atoms with van der Waals surface area (Å²) in [6, 6.07) is 8.87. The maximum atomic E-state index is 13.3. The van der Waals surface area contributed by atoms with Crippen LogP contribution >= 0.6 is 11.8 Å². The Morgan fingerprint density at radius 3 is 2.66 bits per heavy atom. The van der Waals surface area contributed by atoms with Gasteiger partial charge in [0, 0.05) is 37.7 Å². The summed E-state index contributed by atoms with van der Waals surface area (Å²) in [7, 11) is -1.15. The van der Waals surface area contributed by atoms with Crippen molar-refractivity contribution in [2.24, 2.45) is 11.1 Å². The molecule has 0 saturated carbocycles. The molecule has 2 aliphatic rings. The van der Waals surface area contributed by atoms with Crippen LogP contribution in [0.15, 0.2) is 47.8 Å². The van der Waals surface area contributed by atoms with Crippen molar-refractivity contribution in [2.45, 2.75) is 62.1 Å². The third-order valence-electron chi connectivity index (χ3n) is 7.29. The fourth-order valence-corrected chi connectivity index (χ4v) is 7.19. The number of nitrogens with two attached hydrogens (primary N) is 1. The first-order chi connectivity index (χ1) is 16.8. The number of fused-ring (bicyclic) bond motifs is 2. The summed E-state index contributed by atoms with van der Waals surface area (Å²) in [6.07, 6.45) is 9.83. The number of nitrogens with zero attached hydrogens (tertiary/aromatic N) is 4. The van der Waals surface area contributed by atoms with Crippen molar-refractivity contribution in [3.05, 3.63) is 54.0 Å². The number of rotatable bonds is 7. The molecule has 35 heavy (non-hydrogen) atoms. The number of hydrogen-bond donors (Lipinski definition) is 2. The fraction of sp³-hybridized carbons (Fsp3) is 0.538. The number of benzene rings is 1. The first-order valence-corrected chi connectivity index (χ1v) is 14.6. The fourth-order valence-electron chi connectivity index (χ4n) is 5.32. The predicted molar refractivity (Wildman–Crippen MR) is 145 cm³/mol. The lowest BCUT2D eigenvalue weighted by Crippen LogP contribution is -2.60. The van der Waals surface area contributed by atoms with E-state index in [4.69, 9.17) is 10.7 Å². The lowest BCUT2D eigenvalue weighted by molar-refractivity contribution is 0.181. The maximum Gasteiger partial charge on any atom is 0.211 e. The molecule has 1 fully saturated rings. The minimum atomic E-state index is -1.15. The van der Waals surface area contributed by atoms with Crippen molar-refractivity contribution >= 4 is 34.3 Å². The van der Waals surface area contributed by atoms with E-state index in [2.05, 4.69) is 43.3 Å². The Hall–Kier alpha value is -1.94. The third-order valence-corrected chi connectivity index (χ3v) is 10.00. The molecule has 3 aromatic rings. The highest BCUT2D eigenvalue weighted by Gasteiger charge is 2.48. The van der Waals surface area contributed by atoms with Crippen LogP contribution in [0.2, 0.25) is 0 Å². The van der Waals surface area contributed by atoms with Gasteiger partial charge in [-0.2, -0.15) is 0 Å². The normalized spacial score (nSPS) is 20.5. The van der Waals surface area contributed by atoms with E-state index in [0.29, 0.717) is 6.54 Å². The number of aromatic nitrogens is 3. The van der Waals surface area contributed by atoms with E-state index in [1.807, 2.05) is 39.4 Å². The molecule has 1 saturated heterocycles. The molecule has 1 aromatic carbocycles. The van der Waals surface area contributed by atoms with Gasteiger partial charge in [-0.25, -0.2) is 18.9 Å². The van der Waals surface area contributed by atoms with E-state index < -0.39 is 11.0 Å². The molecule has 1 aliphatic carbocycles. The summed E-state index contributed by atoms with van der Waals surface area (Å²) >= 11 is 1.76. The highest BCUT2D eigenvalue weighted by atomic mass is 32.2. The third kappa shape index (κ3) is 4.88. The molecule has 3 N–H and O–H groups in total. The zero-order valence-corrected chi connectivity index (χ0v) is 22.5. The Morgan fingerprint density at radius 1 is 1.23 bits per heavy atom. The lowest BCUT2D eigenvalue weighted by atomic mass is 9.72. The quantitative estimate of drug-likeness (QED) is 0.372. The molecule has 1 unspecified atom stereocenters. The van der Waals surface area contributed by atoms with Gasteiger partial charge in [0.05, 0.1) is 20.6 Å². The van der Waals surface area contributed by atoms with Gasteiger partial charge in [-0.15, -0.1) is 11.8 Å². The van der Waals surface area contributed by atoms with Crippen LogP contribution in [-0.4, -0.2) is 54.8 Å². The van der Waals surface area contributed by atoms with Crippen LogP contribution in [0.1, 0.15) is 44.7 Å². The van der Waals surface area contributed by atoms with Crippen molar-refractivity contribution < 1.29 is 4.21 Å². The molecule has 1 spiro atoms. The average Bonchev–Trinajstić information content (AvgIpc) is 3.46. The van der Waals surface area contributed by atoms with Crippen LogP contribution in [0, 0.1) is 5.41 Å². The van der Waals surface area contributed by atoms with Crippen molar-refractivity contribution in [3.8, 4) is 0 Å². The molecule has 0 amide bonds. The van der Waals surface area contributed by atoms with E-state index in [0.717, 1.165) is 61.0 Å². The molecule has 0 radical (unpaired) electrons. The second kappa shape index (κ2) is 9.84. The molecule has 0 bridgehead atoms. The molecule has 7 nitrogen and oxygen atoms in total. The Morgan fingerprint density at radius 2 is 1.97 bits per heavy atom. The van der Waals surface area contributed by atoms with Gasteiger partial charge in [-0.1, -0.05) is 24.3 Å². The summed E-state index contributed by atoms with van der Waals surface area (Å²) < 4.78 is 18.6. The highest BCUT2D eigenvalue weighted by molar-refractivity contribution is 7.99. The summed E-state index contributed by atoms with van der Waals surface area (Å²) in [5.74, 6) is 1.86. The van der Waals surface area contributed by atoms with Crippen LogP contribution in [0.25, 0.3) is 5.65 Å². The molecular weight excluding hydrogens is 476 g/mol. The van der Waals surface area contributed by atoms with Gasteiger partial charge in [0.25, 0.3) is 0 Å². The first kappa shape index (κ1) is 24.7. The number of piperidine rings is 1. The molecule has 2 atom stereocenters. The smallest absolute Gasteiger partial charge is 0.211 e. The number of imidazole rings is 1. The van der Waals surface area contributed by atoms with Gasteiger partial charge in [-0.05, 0) is 75.3 Å². The van der Waals surface area contributed by atoms with E-state index in [1.54, 1.807) is 11.8 Å². The van der Waals surface area contributed by atoms with Crippen LogP contribution in [0.4, 0.5) is 5.95 Å². The van der Waals surface area contributed by atoms with Crippen molar-refractivity contribution in [1.29, 1.82) is 0 Å². The number of hydrogen-bond acceptors (Lipinski definition) is 6. The molecule has 5 rings (SSSR count). The van der Waals surface area contributed by atoms with E-state index >= 15 is 0 Å². The Bertz CT molecular complexity index is 1200. The summed E-state index contributed by atoms with van der Waals surface area (Å²) in [6.45, 7) is 8.45. The van der Waals surface area contributed by atoms with Crippen LogP contribution < -0.4 is 15.4 Å². The standard InChI is InChI=1S/C26H36N6OS2/c1-25(2,3)35(33)30-22-18-31(12-9-26(22)15-19-7-4-5-8-20(19)16-26)24-29-17-21(34-14-6-10-27)23-28-11-13-32(23)24/h4-5,7-8,11,13,17,22,30H,6,9-10,12,14-16,18,27H2,1-3H3/t22?,35-/m1/s1. The van der Waals surface area contributed by atoms with Crippen LogP contribution in [-0.2, 0) is 23.8 Å². The maximum absolute atomic E-state index is 13.3. The van der Waals surface area contributed by atoms with Crippen molar-refractivity contribution in [3.63, 3.8) is 0 Å². The first-order valence-electron chi connectivity index (χ1n) is 12.5. The second-order valence-electron chi connectivity index (χ2n) is 10.8. The zero-order valence-electron chi connectivity index (χ0n) is 20.9. The van der Waals surface area contributed by atoms with Gasteiger partial charge in [0.15, 0.2) is 5.65 Å². The SMILES string of the molecule is CC(C)(C)[S@@](=O)NC1CN(c2ncc(SCCCN)c3nccn23)CCC12Cc1ccccc1C2.